The highest BCUT2D eigenvalue weighted by atomic mass is 16.6. The standard InChI is InChI=1S/C27H48O8.2CH4/c1-27(2,19-3-7-23(8-4-19)32-13-21(28)11-30-15-25-17-34-25)20-5-9-24(10-6-20)33-14-22(29)12-31-16-26-18-35-26;;/h19-26,28-29H,3-18H2,1-2H3;2*1H4. The first-order chi connectivity index (χ1) is 16.9. The van der Waals surface area contributed by atoms with Crippen molar-refractivity contribution in [2.75, 3.05) is 52.9 Å². The molecule has 8 nitrogen and oxygen atoms in total. The van der Waals surface area contributed by atoms with Gasteiger partial charge in [-0.3, -0.25) is 0 Å². The molecule has 4 atom stereocenters. The van der Waals surface area contributed by atoms with Crippen molar-refractivity contribution in [1.29, 1.82) is 0 Å². The molecule has 0 radical (unpaired) electrons. The Labute approximate surface area is 225 Å². The third-order valence-electron chi connectivity index (χ3n) is 8.53. The van der Waals surface area contributed by atoms with Crippen molar-refractivity contribution >= 4 is 0 Å². The van der Waals surface area contributed by atoms with Crippen LogP contribution < -0.4 is 0 Å². The fraction of sp³-hybridized carbons (Fsp3) is 1.00. The molecule has 0 aromatic heterocycles. The summed E-state index contributed by atoms with van der Waals surface area (Å²) in [5, 5.41) is 20.2. The van der Waals surface area contributed by atoms with Crippen molar-refractivity contribution in [3.63, 3.8) is 0 Å². The van der Waals surface area contributed by atoms with E-state index in [1.807, 2.05) is 0 Å². The van der Waals surface area contributed by atoms with Crippen LogP contribution >= 0.6 is 0 Å². The number of ether oxygens (including phenoxy) is 6. The van der Waals surface area contributed by atoms with E-state index in [0.29, 0.717) is 56.9 Å². The van der Waals surface area contributed by atoms with Crippen molar-refractivity contribution in [2.45, 2.75) is 117 Å². The summed E-state index contributed by atoms with van der Waals surface area (Å²) >= 11 is 0. The average Bonchev–Trinajstić information content (AvgIpc) is 3.78. The highest BCUT2D eigenvalue weighted by molar-refractivity contribution is 4.91. The lowest BCUT2D eigenvalue weighted by atomic mass is 9.60. The maximum atomic E-state index is 10.1. The highest BCUT2D eigenvalue weighted by Gasteiger charge is 2.41. The molecule has 0 spiro atoms. The first kappa shape index (κ1) is 32.9. The van der Waals surface area contributed by atoms with Crippen LogP contribution in [0.2, 0.25) is 0 Å². The number of hydrogen-bond acceptors (Lipinski definition) is 8. The number of rotatable bonds is 16. The SMILES string of the molecule is C.C.CC(C)(C1CCC(OCC(O)COCC2CO2)CC1)C1CCC(OCC(O)COCC2CO2)CC1. The van der Waals surface area contributed by atoms with Gasteiger partial charge in [-0.25, -0.2) is 0 Å². The summed E-state index contributed by atoms with van der Waals surface area (Å²) in [5.74, 6) is 1.43. The van der Waals surface area contributed by atoms with Gasteiger partial charge in [0, 0.05) is 0 Å². The summed E-state index contributed by atoms with van der Waals surface area (Å²) in [6, 6.07) is 0. The minimum atomic E-state index is -0.564. The first-order valence-electron chi connectivity index (χ1n) is 13.9. The molecule has 2 N–H and O–H groups in total. The molecule has 2 saturated heterocycles. The summed E-state index contributed by atoms with van der Waals surface area (Å²) in [6.07, 6.45) is 8.89. The number of aliphatic hydroxyl groups excluding tert-OH is 2. The van der Waals surface area contributed by atoms with E-state index in [4.69, 9.17) is 28.4 Å². The zero-order chi connectivity index (χ0) is 24.7. The van der Waals surface area contributed by atoms with Gasteiger partial charge in [0.1, 0.15) is 24.4 Å². The average molecular weight is 533 g/mol. The molecule has 2 saturated carbocycles. The van der Waals surface area contributed by atoms with Crippen molar-refractivity contribution < 1.29 is 38.6 Å². The van der Waals surface area contributed by atoms with Crippen LogP contribution in [0, 0.1) is 17.3 Å². The van der Waals surface area contributed by atoms with Crippen molar-refractivity contribution in [3.8, 4) is 0 Å². The molecule has 0 amide bonds. The van der Waals surface area contributed by atoms with Crippen LogP contribution in [0.25, 0.3) is 0 Å². The molecule has 4 rings (SSSR count). The van der Waals surface area contributed by atoms with Gasteiger partial charge >= 0.3 is 0 Å². The van der Waals surface area contributed by atoms with Crippen molar-refractivity contribution in [2.24, 2.45) is 17.3 Å². The number of hydrogen-bond donors (Lipinski definition) is 2. The largest absolute Gasteiger partial charge is 0.388 e. The molecule has 4 unspecified atom stereocenters. The summed E-state index contributed by atoms with van der Waals surface area (Å²) in [7, 11) is 0. The van der Waals surface area contributed by atoms with E-state index in [2.05, 4.69) is 13.8 Å². The number of epoxide rings is 2. The summed E-state index contributed by atoms with van der Waals surface area (Å²) < 4.78 is 33.2. The van der Waals surface area contributed by atoms with Gasteiger partial charge in [-0.1, -0.05) is 28.7 Å². The van der Waals surface area contributed by atoms with Gasteiger partial charge in [-0.05, 0) is 68.6 Å². The maximum Gasteiger partial charge on any atom is 0.104 e. The molecule has 4 aliphatic rings. The second-order valence-electron chi connectivity index (χ2n) is 11.7. The van der Waals surface area contributed by atoms with Crippen LogP contribution in [0.5, 0.6) is 0 Å². The fourth-order valence-corrected chi connectivity index (χ4v) is 5.87. The maximum absolute atomic E-state index is 10.1. The molecule has 4 fully saturated rings. The predicted octanol–water partition coefficient (Wildman–Crippen LogP) is 3.99. The van der Waals surface area contributed by atoms with Gasteiger partial charge in [-0.15, -0.1) is 0 Å². The summed E-state index contributed by atoms with van der Waals surface area (Å²) in [6.45, 7) is 8.94. The Balaban J connectivity index is 0.00000241. The molecule has 8 heteroatoms. The Morgan fingerprint density at radius 3 is 1.32 bits per heavy atom. The second-order valence-corrected chi connectivity index (χ2v) is 11.7. The predicted molar refractivity (Wildman–Crippen MR) is 144 cm³/mol. The van der Waals surface area contributed by atoms with Crippen LogP contribution in [0.1, 0.15) is 80.1 Å². The van der Waals surface area contributed by atoms with E-state index in [-0.39, 0.29) is 39.3 Å². The molecule has 2 aliphatic carbocycles. The molecular formula is C29H56O8. The minimum Gasteiger partial charge on any atom is -0.388 e. The number of aliphatic hydroxyl groups is 2. The van der Waals surface area contributed by atoms with Gasteiger partial charge < -0.3 is 38.6 Å². The van der Waals surface area contributed by atoms with Crippen LogP contribution in [0.3, 0.4) is 0 Å². The lowest BCUT2D eigenvalue weighted by Crippen LogP contribution is -2.39. The molecule has 0 bridgehead atoms. The lowest BCUT2D eigenvalue weighted by molar-refractivity contribution is -0.0760. The van der Waals surface area contributed by atoms with E-state index in [9.17, 15) is 10.2 Å². The summed E-state index contributed by atoms with van der Waals surface area (Å²) in [5.41, 5.74) is 0.312. The topological polar surface area (TPSA) is 102 Å². The Morgan fingerprint density at radius 2 is 1.00 bits per heavy atom. The molecule has 37 heavy (non-hydrogen) atoms. The molecule has 220 valence electrons. The normalized spacial score (nSPS) is 33.1. The van der Waals surface area contributed by atoms with Crippen LogP contribution in [-0.2, 0) is 28.4 Å². The van der Waals surface area contributed by atoms with Crippen molar-refractivity contribution in [1.82, 2.24) is 0 Å². The Hall–Kier alpha value is -0.320. The minimum absolute atomic E-state index is 0. The van der Waals surface area contributed by atoms with E-state index >= 15 is 0 Å². The van der Waals surface area contributed by atoms with Gasteiger partial charge in [0.15, 0.2) is 0 Å². The lowest BCUT2D eigenvalue weighted by Gasteiger charge is -2.46. The second kappa shape index (κ2) is 16.1. The highest BCUT2D eigenvalue weighted by Crippen LogP contribution is 2.48. The monoisotopic (exact) mass is 532 g/mol. The van der Waals surface area contributed by atoms with Crippen LogP contribution in [-0.4, -0.2) is 99.7 Å². The summed E-state index contributed by atoms with van der Waals surface area (Å²) in [4.78, 5) is 0. The van der Waals surface area contributed by atoms with E-state index in [1.165, 1.54) is 25.7 Å². The van der Waals surface area contributed by atoms with Gasteiger partial charge in [0.2, 0.25) is 0 Å². The molecule has 0 aromatic rings. The van der Waals surface area contributed by atoms with E-state index < -0.39 is 12.2 Å². The van der Waals surface area contributed by atoms with Gasteiger partial charge in [0.05, 0.1) is 65.1 Å². The van der Waals surface area contributed by atoms with Crippen molar-refractivity contribution in [3.05, 3.63) is 0 Å². The third kappa shape index (κ3) is 11.4. The van der Waals surface area contributed by atoms with Crippen LogP contribution in [0.4, 0.5) is 0 Å². The van der Waals surface area contributed by atoms with Gasteiger partial charge in [0.25, 0.3) is 0 Å². The zero-order valence-electron chi connectivity index (χ0n) is 21.8. The molecule has 2 heterocycles. The molecular weight excluding hydrogens is 476 g/mol. The Morgan fingerprint density at radius 1 is 0.649 bits per heavy atom. The van der Waals surface area contributed by atoms with Crippen LogP contribution in [0.15, 0.2) is 0 Å². The van der Waals surface area contributed by atoms with E-state index in [1.54, 1.807) is 0 Å². The Bertz CT molecular complexity index is 543. The molecule has 0 aromatic carbocycles. The smallest absolute Gasteiger partial charge is 0.104 e. The van der Waals surface area contributed by atoms with Gasteiger partial charge in [-0.2, -0.15) is 0 Å². The van der Waals surface area contributed by atoms with E-state index in [0.717, 1.165) is 38.9 Å². The third-order valence-corrected chi connectivity index (χ3v) is 8.53. The zero-order valence-corrected chi connectivity index (χ0v) is 21.8. The quantitative estimate of drug-likeness (QED) is 0.288. The molecule has 2 aliphatic heterocycles. The Kier molecular flexibility index (Phi) is 14.3. The first-order valence-corrected chi connectivity index (χ1v) is 13.9. The fourth-order valence-electron chi connectivity index (χ4n) is 5.87.